The molecule has 4 heteroatoms. The van der Waals surface area contributed by atoms with Gasteiger partial charge in [-0.3, -0.25) is 9.89 Å². The Bertz CT molecular complexity index is 773. The molecule has 4 bridgehead atoms. The Labute approximate surface area is 148 Å². The van der Waals surface area contributed by atoms with Crippen LogP contribution in [0.5, 0.6) is 0 Å². The molecule has 4 saturated carbocycles. The van der Waals surface area contributed by atoms with Crippen LogP contribution in [0.1, 0.15) is 54.6 Å². The Balaban J connectivity index is 1.40. The quantitative estimate of drug-likeness (QED) is 0.888. The monoisotopic (exact) mass is 335 g/mol. The molecular weight excluding hydrogens is 310 g/mol. The topological polar surface area (TPSA) is 57.8 Å². The lowest BCUT2D eigenvalue weighted by molar-refractivity contribution is -0.0167. The van der Waals surface area contributed by atoms with E-state index >= 15 is 0 Å². The van der Waals surface area contributed by atoms with E-state index in [1.165, 1.54) is 38.5 Å². The highest BCUT2D eigenvalue weighted by atomic mass is 16.2. The van der Waals surface area contributed by atoms with Crippen molar-refractivity contribution in [3.63, 3.8) is 0 Å². The van der Waals surface area contributed by atoms with E-state index in [2.05, 4.69) is 15.5 Å². The third-order valence-electron chi connectivity index (χ3n) is 6.70. The fourth-order valence-electron chi connectivity index (χ4n) is 6.07. The van der Waals surface area contributed by atoms with E-state index < -0.39 is 0 Å². The third-order valence-corrected chi connectivity index (χ3v) is 6.70. The fourth-order valence-corrected chi connectivity index (χ4v) is 6.07. The van der Waals surface area contributed by atoms with Crippen molar-refractivity contribution >= 4 is 5.91 Å². The summed E-state index contributed by atoms with van der Waals surface area (Å²) in [6.07, 6.45) is 7.65. The van der Waals surface area contributed by atoms with Gasteiger partial charge in [0.25, 0.3) is 5.91 Å². The standard InChI is InChI=1S/C21H25N3O/c1-13-18(17-5-3-2-4-6-17)23-24-19(13)20(25)22-21-10-14-7-15(11-21)9-16(8-14)12-21/h2-6,14-16H,7-12H2,1H3,(H,22,25)(H,23,24). The average molecular weight is 335 g/mol. The Hall–Kier alpha value is -2.10. The molecule has 4 nitrogen and oxygen atoms in total. The summed E-state index contributed by atoms with van der Waals surface area (Å²) >= 11 is 0. The number of nitrogens with zero attached hydrogens (tertiary/aromatic N) is 1. The van der Waals surface area contributed by atoms with Crippen molar-refractivity contribution in [2.24, 2.45) is 17.8 Å². The van der Waals surface area contributed by atoms with Gasteiger partial charge in [-0.15, -0.1) is 0 Å². The first kappa shape index (κ1) is 15.2. The Kier molecular flexibility index (Phi) is 3.31. The molecule has 1 amide bonds. The maximum atomic E-state index is 13.0. The number of benzene rings is 1. The fraction of sp³-hybridized carbons (Fsp3) is 0.524. The minimum atomic E-state index is -0.00196. The average Bonchev–Trinajstić information content (AvgIpc) is 2.95. The van der Waals surface area contributed by atoms with Gasteiger partial charge in [-0.2, -0.15) is 5.10 Å². The van der Waals surface area contributed by atoms with Gasteiger partial charge in [0.15, 0.2) is 5.69 Å². The summed E-state index contributed by atoms with van der Waals surface area (Å²) in [4.78, 5) is 13.0. The highest BCUT2D eigenvalue weighted by Crippen LogP contribution is 2.55. The van der Waals surface area contributed by atoms with Gasteiger partial charge in [0.1, 0.15) is 0 Å². The van der Waals surface area contributed by atoms with Gasteiger partial charge in [0.05, 0.1) is 5.69 Å². The largest absolute Gasteiger partial charge is 0.345 e. The molecule has 0 saturated heterocycles. The van der Waals surface area contributed by atoms with E-state index in [0.29, 0.717) is 5.69 Å². The predicted octanol–water partition coefficient (Wildman–Crippen LogP) is 4.08. The Morgan fingerprint density at radius 1 is 1.08 bits per heavy atom. The van der Waals surface area contributed by atoms with Crippen molar-refractivity contribution < 1.29 is 4.79 Å². The molecule has 1 aromatic heterocycles. The molecule has 130 valence electrons. The van der Waals surface area contributed by atoms with Crippen LogP contribution in [-0.2, 0) is 0 Å². The minimum Gasteiger partial charge on any atom is -0.345 e. The van der Waals surface area contributed by atoms with Gasteiger partial charge in [0, 0.05) is 11.1 Å². The molecule has 0 unspecified atom stereocenters. The van der Waals surface area contributed by atoms with E-state index in [9.17, 15) is 4.79 Å². The van der Waals surface area contributed by atoms with Crippen molar-refractivity contribution in [1.29, 1.82) is 0 Å². The summed E-state index contributed by atoms with van der Waals surface area (Å²) in [5.74, 6) is 2.48. The molecule has 0 spiro atoms. The third kappa shape index (κ3) is 2.50. The number of hydrogen-bond donors (Lipinski definition) is 2. The van der Waals surface area contributed by atoms with Gasteiger partial charge >= 0.3 is 0 Å². The predicted molar refractivity (Wildman–Crippen MR) is 97.1 cm³/mol. The van der Waals surface area contributed by atoms with E-state index in [-0.39, 0.29) is 11.4 Å². The van der Waals surface area contributed by atoms with Crippen molar-refractivity contribution in [3.05, 3.63) is 41.6 Å². The number of hydrogen-bond acceptors (Lipinski definition) is 2. The lowest BCUT2D eigenvalue weighted by Crippen LogP contribution is -2.59. The van der Waals surface area contributed by atoms with E-state index in [1.54, 1.807) is 0 Å². The van der Waals surface area contributed by atoms with Crippen LogP contribution in [0.3, 0.4) is 0 Å². The number of amides is 1. The van der Waals surface area contributed by atoms with Crippen LogP contribution in [0.4, 0.5) is 0 Å². The van der Waals surface area contributed by atoms with Crippen molar-refractivity contribution in [1.82, 2.24) is 15.5 Å². The molecule has 0 atom stereocenters. The van der Waals surface area contributed by atoms with Gasteiger partial charge in [0.2, 0.25) is 0 Å². The second-order valence-electron chi connectivity index (χ2n) is 8.59. The first-order valence-electron chi connectivity index (χ1n) is 9.55. The first-order valence-corrected chi connectivity index (χ1v) is 9.55. The van der Waals surface area contributed by atoms with Crippen molar-refractivity contribution in [2.45, 2.75) is 51.0 Å². The molecule has 6 rings (SSSR count). The van der Waals surface area contributed by atoms with Crippen molar-refractivity contribution in [2.75, 3.05) is 0 Å². The molecule has 0 aliphatic heterocycles. The van der Waals surface area contributed by atoms with Gasteiger partial charge in [-0.1, -0.05) is 30.3 Å². The number of H-pyrrole nitrogens is 1. The Morgan fingerprint density at radius 2 is 1.68 bits per heavy atom. The molecule has 25 heavy (non-hydrogen) atoms. The second kappa shape index (κ2) is 5.45. The molecular formula is C21H25N3O. The SMILES string of the molecule is Cc1c(C(=O)NC23CC4CC(CC(C4)C2)C3)n[nH]c1-c1ccccc1. The Morgan fingerprint density at radius 3 is 2.28 bits per heavy atom. The zero-order valence-corrected chi connectivity index (χ0v) is 14.7. The number of aromatic amines is 1. The van der Waals surface area contributed by atoms with Crippen LogP contribution in [0.25, 0.3) is 11.3 Å². The van der Waals surface area contributed by atoms with Crippen LogP contribution in [0.2, 0.25) is 0 Å². The molecule has 4 aliphatic rings. The summed E-state index contributed by atoms with van der Waals surface area (Å²) in [5, 5.41) is 10.8. The van der Waals surface area contributed by atoms with Crippen LogP contribution in [-0.4, -0.2) is 21.6 Å². The zero-order chi connectivity index (χ0) is 17.0. The van der Waals surface area contributed by atoms with Crippen LogP contribution < -0.4 is 5.32 Å². The summed E-state index contributed by atoms with van der Waals surface area (Å²) in [6.45, 7) is 1.99. The van der Waals surface area contributed by atoms with E-state index in [0.717, 1.165) is 34.6 Å². The molecule has 2 aromatic rings. The maximum absolute atomic E-state index is 13.0. The first-order chi connectivity index (χ1) is 12.1. The molecule has 1 heterocycles. The number of carbonyl (C=O) groups excluding carboxylic acids is 1. The molecule has 1 aromatic carbocycles. The summed E-state index contributed by atoms with van der Waals surface area (Å²) in [5.41, 5.74) is 3.53. The van der Waals surface area contributed by atoms with Gasteiger partial charge < -0.3 is 5.32 Å². The van der Waals surface area contributed by atoms with Gasteiger partial charge in [-0.05, 0) is 68.8 Å². The van der Waals surface area contributed by atoms with E-state index in [4.69, 9.17) is 0 Å². The molecule has 4 fully saturated rings. The highest BCUT2D eigenvalue weighted by Gasteiger charge is 2.51. The van der Waals surface area contributed by atoms with Crippen LogP contribution in [0.15, 0.2) is 30.3 Å². The molecule has 4 aliphatic carbocycles. The van der Waals surface area contributed by atoms with Gasteiger partial charge in [-0.25, -0.2) is 0 Å². The molecule has 0 radical (unpaired) electrons. The normalized spacial score (nSPS) is 32.8. The molecule has 2 N–H and O–H groups in total. The number of aromatic nitrogens is 2. The lowest BCUT2D eigenvalue weighted by atomic mass is 9.53. The van der Waals surface area contributed by atoms with E-state index in [1.807, 2.05) is 37.3 Å². The maximum Gasteiger partial charge on any atom is 0.272 e. The van der Waals surface area contributed by atoms with Crippen LogP contribution >= 0.6 is 0 Å². The second-order valence-corrected chi connectivity index (χ2v) is 8.59. The summed E-state index contributed by atoms with van der Waals surface area (Å²) in [7, 11) is 0. The van der Waals surface area contributed by atoms with Crippen LogP contribution in [0, 0.1) is 24.7 Å². The highest BCUT2D eigenvalue weighted by molar-refractivity contribution is 5.95. The van der Waals surface area contributed by atoms with Crippen molar-refractivity contribution in [3.8, 4) is 11.3 Å². The smallest absolute Gasteiger partial charge is 0.272 e. The zero-order valence-electron chi connectivity index (χ0n) is 14.7. The number of rotatable bonds is 3. The summed E-state index contributed by atoms with van der Waals surface area (Å²) in [6, 6.07) is 10.1. The number of carbonyl (C=O) groups is 1. The minimum absolute atomic E-state index is 0.00196. The lowest BCUT2D eigenvalue weighted by Gasteiger charge is -2.56. The summed E-state index contributed by atoms with van der Waals surface area (Å²) < 4.78 is 0. The number of nitrogens with one attached hydrogen (secondary N) is 2.